The molecule has 1 aromatic carbocycles. The van der Waals surface area contributed by atoms with Crippen LogP contribution in [-0.4, -0.2) is 24.7 Å². The molecule has 0 radical (unpaired) electrons. The molecular formula is C13H12N6O2. The number of aryl methyl sites for hydroxylation is 1. The third-order valence-corrected chi connectivity index (χ3v) is 3.03. The van der Waals surface area contributed by atoms with Crippen molar-refractivity contribution in [3.8, 4) is 0 Å². The van der Waals surface area contributed by atoms with Gasteiger partial charge in [-0.3, -0.25) is 14.8 Å². The Hall–Kier alpha value is -3.03. The summed E-state index contributed by atoms with van der Waals surface area (Å²) in [5.41, 5.74) is 1.12. The monoisotopic (exact) mass is 284 g/mol. The molecule has 0 aliphatic carbocycles. The molecule has 1 N–H and O–H groups in total. The highest BCUT2D eigenvalue weighted by Crippen LogP contribution is 2.28. The van der Waals surface area contributed by atoms with E-state index in [-0.39, 0.29) is 5.69 Å². The van der Waals surface area contributed by atoms with Gasteiger partial charge >= 0.3 is 0 Å². The number of aromatic nitrogens is 4. The Balaban J connectivity index is 1.95. The number of para-hydroxylation sites is 1. The van der Waals surface area contributed by atoms with Gasteiger partial charge in [-0.05, 0) is 6.07 Å². The Kier molecular flexibility index (Phi) is 3.19. The van der Waals surface area contributed by atoms with Gasteiger partial charge in [0.25, 0.3) is 5.69 Å². The predicted molar refractivity (Wildman–Crippen MR) is 76.7 cm³/mol. The number of rotatable bonds is 4. The van der Waals surface area contributed by atoms with Crippen molar-refractivity contribution in [3.05, 3.63) is 52.7 Å². The zero-order valence-corrected chi connectivity index (χ0v) is 11.2. The van der Waals surface area contributed by atoms with Crippen molar-refractivity contribution in [2.24, 2.45) is 7.05 Å². The van der Waals surface area contributed by atoms with Gasteiger partial charge in [0.2, 0.25) is 0 Å². The Morgan fingerprint density at radius 1 is 1.33 bits per heavy atom. The van der Waals surface area contributed by atoms with Crippen LogP contribution in [0.25, 0.3) is 10.9 Å². The van der Waals surface area contributed by atoms with E-state index in [0.717, 1.165) is 5.69 Å². The van der Waals surface area contributed by atoms with Crippen molar-refractivity contribution in [2.45, 2.75) is 6.54 Å². The maximum atomic E-state index is 11.0. The molecule has 21 heavy (non-hydrogen) atoms. The second-order valence-electron chi connectivity index (χ2n) is 4.48. The molecule has 0 bridgehead atoms. The van der Waals surface area contributed by atoms with Crippen LogP contribution in [0.2, 0.25) is 0 Å². The fourth-order valence-electron chi connectivity index (χ4n) is 2.10. The highest BCUT2D eigenvalue weighted by atomic mass is 16.6. The Bertz CT molecular complexity index is 813. The van der Waals surface area contributed by atoms with E-state index in [1.807, 2.05) is 0 Å². The van der Waals surface area contributed by atoms with E-state index in [1.54, 1.807) is 42.5 Å². The van der Waals surface area contributed by atoms with Crippen LogP contribution in [0.15, 0.2) is 36.8 Å². The first kappa shape index (κ1) is 13.0. The van der Waals surface area contributed by atoms with Gasteiger partial charge < -0.3 is 5.32 Å². The van der Waals surface area contributed by atoms with Crippen LogP contribution in [0.5, 0.6) is 0 Å². The molecule has 3 aromatic rings. The summed E-state index contributed by atoms with van der Waals surface area (Å²) in [6, 6.07) is 6.66. The number of anilines is 1. The number of nitrogens with zero attached hydrogens (tertiary/aromatic N) is 5. The van der Waals surface area contributed by atoms with Crippen LogP contribution in [0.3, 0.4) is 0 Å². The minimum absolute atomic E-state index is 0.00730. The summed E-state index contributed by atoms with van der Waals surface area (Å²) in [5.74, 6) is 0.646. The van der Waals surface area contributed by atoms with E-state index in [0.29, 0.717) is 23.3 Å². The number of hydrogen-bond donors (Lipinski definition) is 1. The molecule has 0 fully saturated rings. The first-order valence-corrected chi connectivity index (χ1v) is 6.25. The Labute approximate surface area is 119 Å². The van der Waals surface area contributed by atoms with E-state index in [4.69, 9.17) is 0 Å². The lowest BCUT2D eigenvalue weighted by Crippen LogP contribution is -2.03. The van der Waals surface area contributed by atoms with Crippen LogP contribution in [0, 0.1) is 10.1 Å². The number of fused-ring (bicyclic) bond motifs is 1. The van der Waals surface area contributed by atoms with E-state index in [9.17, 15) is 10.1 Å². The average molecular weight is 284 g/mol. The number of benzene rings is 1. The number of nitro benzene ring substituents is 1. The molecular weight excluding hydrogens is 272 g/mol. The number of nitrogens with one attached hydrogen (secondary N) is 1. The summed E-state index contributed by atoms with van der Waals surface area (Å²) in [4.78, 5) is 18.8. The predicted octanol–water partition coefficient (Wildman–Crippen LogP) is 1.88. The van der Waals surface area contributed by atoms with E-state index in [2.05, 4.69) is 20.4 Å². The van der Waals surface area contributed by atoms with Crippen molar-refractivity contribution in [1.29, 1.82) is 0 Å². The maximum absolute atomic E-state index is 11.0. The van der Waals surface area contributed by atoms with E-state index in [1.165, 1.54) is 6.07 Å². The molecule has 0 amide bonds. The maximum Gasteiger partial charge on any atom is 0.295 e. The van der Waals surface area contributed by atoms with Crippen LogP contribution in [0.1, 0.15) is 5.82 Å². The molecule has 0 aliphatic heterocycles. The molecule has 8 heteroatoms. The van der Waals surface area contributed by atoms with Crippen LogP contribution < -0.4 is 5.32 Å². The first-order chi connectivity index (χ1) is 10.1. The summed E-state index contributed by atoms with van der Waals surface area (Å²) >= 11 is 0. The molecule has 0 unspecified atom stereocenters. The highest BCUT2D eigenvalue weighted by molar-refractivity contribution is 5.96. The summed E-state index contributed by atoms with van der Waals surface area (Å²) in [6.45, 7) is 0.433. The smallest absolute Gasteiger partial charge is 0.295 e. The highest BCUT2D eigenvalue weighted by Gasteiger charge is 2.14. The second-order valence-corrected chi connectivity index (χ2v) is 4.48. The minimum atomic E-state index is -0.431. The minimum Gasteiger partial charge on any atom is -0.377 e. The number of nitro groups is 1. The molecule has 8 nitrogen and oxygen atoms in total. The SMILES string of the molecule is Cn1cnc(CNc2ccnc3c([N+](=O)[O-])cccc23)n1. The van der Waals surface area contributed by atoms with Crippen molar-refractivity contribution >= 4 is 22.3 Å². The number of non-ortho nitro benzene ring substituents is 1. The quantitative estimate of drug-likeness (QED) is 0.580. The third kappa shape index (κ3) is 2.50. The summed E-state index contributed by atoms with van der Waals surface area (Å²) < 4.78 is 1.62. The molecule has 2 heterocycles. The largest absolute Gasteiger partial charge is 0.377 e. The van der Waals surface area contributed by atoms with Gasteiger partial charge in [0.1, 0.15) is 11.8 Å². The van der Waals surface area contributed by atoms with Gasteiger partial charge in [0, 0.05) is 30.4 Å². The zero-order valence-electron chi connectivity index (χ0n) is 11.2. The molecule has 0 saturated carbocycles. The third-order valence-electron chi connectivity index (χ3n) is 3.03. The van der Waals surface area contributed by atoms with Gasteiger partial charge in [-0.2, -0.15) is 5.10 Å². The summed E-state index contributed by atoms with van der Waals surface area (Å²) in [5, 5.41) is 19.1. The summed E-state index contributed by atoms with van der Waals surface area (Å²) in [6.07, 6.45) is 3.16. The zero-order chi connectivity index (χ0) is 14.8. The molecule has 0 saturated heterocycles. The molecule has 0 aliphatic rings. The standard InChI is InChI=1S/C13H12N6O2/c1-18-8-16-12(17-18)7-15-10-5-6-14-13-9(10)3-2-4-11(13)19(20)21/h2-6,8H,7H2,1H3,(H,14,15). The Morgan fingerprint density at radius 3 is 2.90 bits per heavy atom. The lowest BCUT2D eigenvalue weighted by molar-refractivity contribution is -0.383. The molecule has 0 atom stereocenters. The fraction of sp³-hybridized carbons (Fsp3) is 0.154. The van der Waals surface area contributed by atoms with Gasteiger partial charge in [-0.15, -0.1) is 0 Å². The van der Waals surface area contributed by atoms with Crippen LogP contribution in [0.4, 0.5) is 11.4 Å². The van der Waals surface area contributed by atoms with Crippen molar-refractivity contribution in [1.82, 2.24) is 19.7 Å². The van der Waals surface area contributed by atoms with Crippen LogP contribution >= 0.6 is 0 Å². The van der Waals surface area contributed by atoms with Gasteiger partial charge in [-0.1, -0.05) is 12.1 Å². The molecule has 2 aromatic heterocycles. The van der Waals surface area contributed by atoms with Crippen molar-refractivity contribution in [2.75, 3.05) is 5.32 Å². The van der Waals surface area contributed by atoms with Crippen molar-refractivity contribution in [3.63, 3.8) is 0 Å². The molecule has 106 valence electrons. The second kappa shape index (κ2) is 5.16. The van der Waals surface area contributed by atoms with Crippen molar-refractivity contribution < 1.29 is 4.92 Å². The first-order valence-electron chi connectivity index (χ1n) is 6.25. The van der Waals surface area contributed by atoms with E-state index >= 15 is 0 Å². The lowest BCUT2D eigenvalue weighted by atomic mass is 10.1. The van der Waals surface area contributed by atoms with Gasteiger partial charge in [0.15, 0.2) is 5.82 Å². The van der Waals surface area contributed by atoms with E-state index < -0.39 is 4.92 Å². The molecule has 3 rings (SSSR count). The normalized spacial score (nSPS) is 10.7. The fourth-order valence-corrected chi connectivity index (χ4v) is 2.10. The lowest BCUT2D eigenvalue weighted by Gasteiger charge is -2.07. The number of hydrogen-bond acceptors (Lipinski definition) is 6. The topological polar surface area (TPSA) is 98.8 Å². The number of pyridine rings is 1. The average Bonchev–Trinajstić information content (AvgIpc) is 2.90. The summed E-state index contributed by atoms with van der Waals surface area (Å²) in [7, 11) is 1.79. The van der Waals surface area contributed by atoms with Gasteiger partial charge in [-0.25, -0.2) is 9.97 Å². The van der Waals surface area contributed by atoms with Crippen LogP contribution in [-0.2, 0) is 13.6 Å². The Morgan fingerprint density at radius 2 is 2.19 bits per heavy atom. The molecule has 0 spiro atoms. The van der Waals surface area contributed by atoms with Gasteiger partial charge in [0.05, 0.1) is 11.5 Å².